The number of carbonyl (C=O) groups excluding carboxylic acids is 3. The molecule has 0 saturated carbocycles. The molecule has 1 aliphatic rings. The lowest BCUT2D eigenvalue weighted by Crippen LogP contribution is -2.56. The van der Waals surface area contributed by atoms with Gasteiger partial charge in [-0.2, -0.15) is 0 Å². The smallest absolute Gasteiger partial charge is 0.248 e. The van der Waals surface area contributed by atoms with E-state index >= 15 is 0 Å². The molecule has 1 aromatic carbocycles. The minimum Gasteiger partial charge on any atom is -0.493 e. The summed E-state index contributed by atoms with van der Waals surface area (Å²) in [5, 5.41) is 23.2. The van der Waals surface area contributed by atoms with E-state index in [1.807, 2.05) is 29.5 Å². The van der Waals surface area contributed by atoms with E-state index in [0.717, 1.165) is 0 Å². The molecule has 2 amide bonds. The molecule has 1 aromatic rings. The number of nitrogens with zero attached hydrogens (tertiary/aromatic N) is 1. The largest absolute Gasteiger partial charge is 0.493 e. The van der Waals surface area contributed by atoms with E-state index in [-0.39, 0.29) is 50.1 Å². The molecule has 11 nitrogen and oxygen atoms in total. The van der Waals surface area contributed by atoms with E-state index in [1.54, 1.807) is 6.07 Å². The first-order valence-electron chi connectivity index (χ1n) is 11.9. The minimum atomic E-state index is -1.20. The third-order valence-corrected chi connectivity index (χ3v) is 6.54. The summed E-state index contributed by atoms with van der Waals surface area (Å²) in [6, 6.07) is 2.32. The van der Waals surface area contributed by atoms with Crippen molar-refractivity contribution in [1.82, 2.24) is 10.2 Å². The molecule has 0 saturated heterocycles. The van der Waals surface area contributed by atoms with Crippen LogP contribution in [0.15, 0.2) is 23.8 Å². The van der Waals surface area contributed by atoms with Gasteiger partial charge in [-0.3, -0.25) is 14.4 Å². The molecule has 0 aliphatic heterocycles. The van der Waals surface area contributed by atoms with Crippen LogP contribution in [0.1, 0.15) is 30.1 Å². The number of hydrogen-bond donors (Lipinski definition) is 3. The standard InChI is InChI=1S/C25H35IN2O9/c1-4-36-9-5-7-28(22(31)15-34-2)19-12-17(25(33)27-6-8-29)13-20(23(19)32)37-24-18(26)10-16(14-30)11-21(24)35-3/h10-11,13-14,19-20,23,29,32H,4-9,12,15H2,1-3H3,(H,27,33). The third kappa shape index (κ3) is 8.64. The average molecular weight is 634 g/mol. The molecule has 3 atom stereocenters. The van der Waals surface area contributed by atoms with E-state index in [2.05, 4.69) is 5.32 Å². The lowest BCUT2D eigenvalue weighted by molar-refractivity contribution is -0.142. The van der Waals surface area contributed by atoms with Gasteiger partial charge in [-0.05, 0) is 54.1 Å². The highest BCUT2D eigenvalue weighted by Crippen LogP contribution is 2.37. The number of aldehydes is 1. The molecule has 0 radical (unpaired) electrons. The number of ether oxygens (including phenoxy) is 4. The van der Waals surface area contributed by atoms with E-state index < -0.39 is 24.2 Å². The molecule has 0 spiro atoms. The van der Waals surface area contributed by atoms with Crippen molar-refractivity contribution < 1.29 is 43.5 Å². The second-order valence-electron chi connectivity index (χ2n) is 8.24. The summed E-state index contributed by atoms with van der Waals surface area (Å²) in [4.78, 5) is 38.6. The Balaban J connectivity index is 2.45. The molecule has 3 unspecified atom stereocenters. The predicted octanol–water partition coefficient (Wildman–Crippen LogP) is 0.929. The number of aliphatic hydroxyl groups is 2. The van der Waals surface area contributed by atoms with Gasteiger partial charge in [0.1, 0.15) is 25.1 Å². The maximum Gasteiger partial charge on any atom is 0.248 e. The van der Waals surface area contributed by atoms with Crippen LogP contribution in [0.5, 0.6) is 11.5 Å². The van der Waals surface area contributed by atoms with Gasteiger partial charge in [-0.1, -0.05) is 0 Å². The Morgan fingerprint density at radius 3 is 2.68 bits per heavy atom. The second kappa shape index (κ2) is 15.9. The average Bonchev–Trinajstić information content (AvgIpc) is 2.89. The maximum atomic E-state index is 13.0. The first-order chi connectivity index (χ1) is 17.8. The zero-order chi connectivity index (χ0) is 27.4. The number of benzene rings is 1. The van der Waals surface area contributed by atoms with Crippen LogP contribution in [0.2, 0.25) is 0 Å². The van der Waals surface area contributed by atoms with Crippen molar-refractivity contribution in [2.24, 2.45) is 0 Å². The Hall–Kier alpha value is -2.26. The van der Waals surface area contributed by atoms with Crippen LogP contribution in [-0.2, 0) is 19.1 Å². The molecule has 0 fully saturated rings. The van der Waals surface area contributed by atoms with Crippen molar-refractivity contribution in [3.8, 4) is 11.5 Å². The summed E-state index contributed by atoms with van der Waals surface area (Å²) in [6.07, 6.45) is 0.561. The second-order valence-corrected chi connectivity index (χ2v) is 9.40. The molecule has 2 rings (SSSR count). The Morgan fingerprint density at radius 1 is 1.30 bits per heavy atom. The first kappa shape index (κ1) is 31.0. The highest BCUT2D eigenvalue weighted by Gasteiger charge is 2.40. The predicted molar refractivity (Wildman–Crippen MR) is 143 cm³/mol. The van der Waals surface area contributed by atoms with Crippen molar-refractivity contribution >= 4 is 40.7 Å². The van der Waals surface area contributed by atoms with Crippen molar-refractivity contribution in [1.29, 1.82) is 0 Å². The van der Waals surface area contributed by atoms with Crippen LogP contribution in [0, 0.1) is 3.57 Å². The van der Waals surface area contributed by atoms with Gasteiger partial charge in [0, 0.05) is 51.0 Å². The molecule has 37 heavy (non-hydrogen) atoms. The number of amides is 2. The molecule has 0 bridgehead atoms. The topological polar surface area (TPSA) is 144 Å². The Morgan fingerprint density at radius 2 is 2.05 bits per heavy atom. The molecular formula is C25H35IN2O9. The molecule has 0 heterocycles. The third-order valence-electron chi connectivity index (χ3n) is 5.74. The highest BCUT2D eigenvalue weighted by atomic mass is 127. The Labute approximate surface area is 230 Å². The van der Waals surface area contributed by atoms with Crippen LogP contribution >= 0.6 is 22.6 Å². The van der Waals surface area contributed by atoms with Crippen LogP contribution in [0.4, 0.5) is 0 Å². The van der Waals surface area contributed by atoms with Crippen molar-refractivity contribution in [2.45, 2.75) is 38.0 Å². The molecule has 1 aliphatic carbocycles. The number of nitrogens with one attached hydrogen (secondary N) is 1. The number of carbonyl (C=O) groups is 3. The van der Waals surface area contributed by atoms with E-state index in [1.165, 1.54) is 31.3 Å². The fraction of sp³-hybridized carbons (Fsp3) is 0.560. The van der Waals surface area contributed by atoms with Crippen LogP contribution in [-0.4, -0.2) is 105 Å². The van der Waals surface area contributed by atoms with Gasteiger partial charge in [-0.15, -0.1) is 0 Å². The Bertz CT molecular complexity index is 956. The molecule has 3 N–H and O–H groups in total. The number of rotatable bonds is 15. The number of hydrogen-bond acceptors (Lipinski definition) is 9. The summed E-state index contributed by atoms with van der Waals surface area (Å²) in [5.41, 5.74) is 0.688. The zero-order valence-electron chi connectivity index (χ0n) is 21.3. The molecular weight excluding hydrogens is 599 g/mol. The lowest BCUT2D eigenvalue weighted by atomic mass is 9.88. The van der Waals surface area contributed by atoms with Gasteiger partial charge in [0.15, 0.2) is 11.5 Å². The first-order valence-corrected chi connectivity index (χ1v) is 13.0. The van der Waals surface area contributed by atoms with Crippen LogP contribution in [0.25, 0.3) is 0 Å². The summed E-state index contributed by atoms with van der Waals surface area (Å²) in [7, 11) is 2.84. The van der Waals surface area contributed by atoms with Gasteiger partial charge in [-0.25, -0.2) is 0 Å². The molecule has 206 valence electrons. The highest BCUT2D eigenvalue weighted by molar-refractivity contribution is 14.1. The minimum absolute atomic E-state index is 0.0501. The maximum absolute atomic E-state index is 13.0. The SMILES string of the molecule is CCOCCCN(C(=O)COC)C1CC(C(=O)NCCO)=CC(Oc2c(I)cc(C=O)cc2OC)C1O. The van der Waals surface area contributed by atoms with Gasteiger partial charge in [0.2, 0.25) is 11.8 Å². The summed E-state index contributed by atoms with van der Waals surface area (Å²) >= 11 is 2.00. The Kier molecular flexibility index (Phi) is 13.3. The number of halogens is 1. The van der Waals surface area contributed by atoms with E-state index in [4.69, 9.17) is 24.1 Å². The summed E-state index contributed by atoms with van der Waals surface area (Å²) < 4.78 is 22.6. The molecule has 0 aromatic heterocycles. The van der Waals surface area contributed by atoms with Gasteiger partial charge in [0.25, 0.3) is 0 Å². The summed E-state index contributed by atoms with van der Waals surface area (Å²) in [5.74, 6) is -0.213. The van der Waals surface area contributed by atoms with Gasteiger partial charge >= 0.3 is 0 Å². The normalized spacial score (nSPS) is 19.1. The van der Waals surface area contributed by atoms with Crippen molar-refractivity contribution in [3.05, 3.63) is 32.9 Å². The van der Waals surface area contributed by atoms with Crippen molar-refractivity contribution in [3.63, 3.8) is 0 Å². The lowest BCUT2D eigenvalue weighted by Gasteiger charge is -2.40. The fourth-order valence-corrected chi connectivity index (χ4v) is 4.75. The van der Waals surface area contributed by atoms with Crippen LogP contribution < -0.4 is 14.8 Å². The number of methoxy groups -OCH3 is 2. The van der Waals surface area contributed by atoms with Gasteiger partial charge in [0.05, 0.1) is 23.3 Å². The summed E-state index contributed by atoms with van der Waals surface area (Å²) in [6.45, 7) is 2.73. The van der Waals surface area contributed by atoms with E-state index in [0.29, 0.717) is 40.6 Å². The van der Waals surface area contributed by atoms with Gasteiger partial charge < -0.3 is 39.4 Å². The van der Waals surface area contributed by atoms with E-state index in [9.17, 15) is 19.5 Å². The zero-order valence-corrected chi connectivity index (χ0v) is 23.4. The quantitative estimate of drug-likeness (QED) is 0.146. The van der Waals surface area contributed by atoms with Crippen molar-refractivity contribution in [2.75, 3.05) is 53.7 Å². The number of aliphatic hydroxyl groups excluding tert-OH is 2. The monoisotopic (exact) mass is 634 g/mol. The fourth-order valence-electron chi connectivity index (χ4n) is 4.00. The van der Waals surface area contributed by atoms with Crippen LogP contribution in [0.3, 0.4) is 0 Å². The molecule has 12 heteroatoms.